The summed E-state index contributed by atoms with van der Waals surface area (Å²) in [7, 11) is 0. The first-order valence-electron chi connectivity index (χ1n) is 10.2. The zero-order valence-electron chi connectivity index (χ0n) is 18.1. The molecule has 2 aromatic carbocycles. The molecule has 2 amide bonds. The van der Waals surface area contributed by atoms with Crippen LogP contribution >= 0.6 is 11.6 Å². The van der Waals surface area contributed by atoms with Crippen molar-refractivity contribution in [3.05, 3.63) is 71.3 Å². The van der Waals surface area contributed by atoms with E-state index in [0.29, 0.717) is 22.7 Å². The van der Waals surface area contributed by atoms with Gasteiger partial charge in [-0.15, -0.1) is 0 Å². The van der Waals surface area contributed by atoms with Crippen LogP contribution in [-0.2, 0) is 6.18 Å². The second-order valence-electron chi connectivity index (χ2n) is 7.85. The Morgan fingerprint density at radius 3 is 2.47 bits per heavy atom. The van der Waals surface area contributed by atoms with Crippen molar-refractivity contribution < 1.29 is 18.0 Å². The highest BCUT2D eigenvalue weighted by Gasteiger charge is 2.31. The van der Waals surface area contributed by atoms with Crippen LogP contribution in [-0.4, -0.2) is 20.4 Å². The van der Waals surface area contributed by atoms with Crippen LogP contribution in [0.1, 0.15) is 31.2 Å². The number of amides is 2. The number of rotatable bonds is 4. The van der Waals surface area contributed by atoms with E-state index < -0.39 is 17.8 Å². The van der Waals surface area contributed by atoms with Crippen molar-refractivity contribution in [2.24, 2.45) is 0 Å². The lowest BCUT2D eigenvalue weighted by atomic mass is 10.1. The van der Waals surface area contributed by atoms with E-state index in [1.54, 1.807) is 36.7 Å². The van der Waals surface area contributed by atoms with Gasteiger partial charge in [0, 0.05) is 29.6 Å². The van der Waals surface area contributed by atoms with Crippen LogP contribution in [0.5, 0.6) is 0 Å². The maximum Gasteiger partial charge on any atom is 0.416 e. The third-order valence-electron chi connectivity index (χ3n) is 5.08. The van der Waals surface area contributed by atoms with E-state index in [4.69, 9.17) is 22.3 Å². The van der Waals surface area contributed by atoms with Crippen LogP contribution in [0.3, 0.4) is 0 Å². The molecule has 0 atom stereocenters. The van der Waals surface area contributed by atoms with E-state index in [1.807, 2.05) is 18.2 Å². The zero-order valence-corrected chi connectivity index (χ0v) is 18.9. The molecule has 0 saturated heterocycles. The van der Waals surface area contributed by atoms with Crippen LogP contribution < -0.4 is 16.4 Å². The summed E-state index contributed by atoms with van der Waals surface area (Å²) < 4.78 is 40.7. The minimum atomic E-state index is -4.56. The maximum atomic E-state index is 12.9. The predicted octanol–water partition coefficient (Wildman–Crippen LogP) is 6.42. The van der Waals surface area contributed by atoms with E-state index in [1.165, 1.54) is 0 Å². The molecule has 0 radical (unpaired) electrons. The highest BCUT2D eigenvalue weighted by atomic mass is 35.5. The van der Waals surface area contributed by atoms with E-state index in [0.717, 1.165) is 29.6 Å². The third-order valence-corrected chi connectivity index (χ3v) is 5.41. The molecule has 34 heavy (non-hydrogen) atoms. The number of benzene rings is 2. The Morgan fingerprint density at radius 2 is 1.82 bits per heavy atom. The Bertz CT molecular complexity index is 1370. The Balaban J connectivity index is 1.55. The summed E-state index contributed by atoms with van der Waals surface area (Å²) in [6, 6.07) is 8.77. The van der Waals surface area contributed by atoms with Crippen LogP contribution in [0.4, 0.5) is 35.2 Å². The van der Waals surface area contributed by atoms with Gasteiger partial charge in [0.05, 0.1) is 16.3 Å². The summed E-state index contributed by atoms with van der Waals surface area (Å²) >= 11 is 5.93. The molecule has 0 fully saturated rings. The van der Waals surface area contributed by atoms with Crippen LogP contribution in [0, 0.1) is 0 Å². The minimum absolute atomic E-state index is 0.0164. The van der Waals surface area contributed by atoms with Gasteiger partial charge in [-0.1, -0.05) is 37.6 Å². The number of alkyl halides is 3. The molecule has 176 valence electrons. The molecule has 0 bridgehead atoms. The SMILES string of the molecule is CC(C)c1nc(-c2ccc(NC(=O)Nc3cc(C(F)(F)F)ccc3Cl)cc2)c2c(N)nccn12. The lowest BCUT2D eigenvalue weighted by molar-refractivity contribution is -0.137. The highest BCUT2D eigenvalue weighted by Crippen LogP contribution is 2.34. The summed E-state index contributed by atoms with van der Waals surface area (Å²) in [5.41, 5.74) is 7.55. The molecule has 0 saturated carbocycles. The second kappa shape index (κ2) is 8.86. The molecule has 4 rings (SSSR count). The van der Waals surface area contributed by atoms with E-state index in [-0.39, 0.29) is 16.6 Å². The molecular formula is C23H20ClF3N6O. The average molecular weight is 489 g/mol. The van der Waals surface area contributed by atoms with Gasteiger partial charge in [-0.05, 0) is 30.3 Å². The molecule has 0 aliphatic heterocycles. The van der Waals surface area contributed by atoms with Gasteiger partial charge in [-0.3, -0.25) is 4.40 Å². The Hall–Kier alpha value is -3.79. The minimum Gasteiger partial charge on any atom is -0.382 e. The third kappa shape index (κ3) is 4.62. The van der Waals surface area contributed by atoms with Crippen molar-refractivity contribution in [2.45, 2.75) is 25.9 Å². The zero-order chi connectivity index (χ0) is 24.6. The van der Waals surface area contributed by atoms with Crippen molar-refractivity contribution in [1.29, 1.82) is 0 Å². The summed E-state index contributed by atoms with van der Waals surface area (Å²) in [6.07, 6.45) is -1.14. The van der Waals surface area contributed by atoms with Gasteiger partial charge in [0.25, 0.3) is 0 Å². The second-order valence-corrected chi connectivity index (χ2v) is 8.26. The van der Waals surface area contributed by atoms with Crippen molar-refractivity contribution in [3.8, 4) is 11.3 Å². The molecule has 4 aromatic rings. The number of urea groups is 1. The van der Waals surface area contributed by atoms with Crippen molar-refractivity contribution in [3.63, 3.8) is 0 Å². The standard InChI is InChI=1S/C23H20ClF3N6O/c1-12(2)21-32-18(19-20(28)29-9-10-33(19)21)13-3-6-15(7-4-13)30-22(34)31-17-11-14(23(25,26)27)5-8-16(17)24/h3-12H,1-2H3,(H2,28,29)(H2,30,31,34). The molecule has 0 spiro atoms. The first kappa shape index (κ1) is 23.4. The predicted molar refractivity (Wildman–Crippen MR) is 126 cm³/mol. The number of carbonyl (C=O) groups excluding carboxylic acids is 1. The number of halogens is 4. The van der Waals surface area contributed by atoms with E-state index in [2.05, 4.69) is 15.6 Å². The monoisotopic (exact) mass is 488 g/mol. The van der Waals surface area contributed by atoms with Crippen LogP contribution in [0.25, 0.3) is 16.8 Å². The normalized spacial score (nSPS) is 11.7. The van der Waals surface area contributed by atoms with Gasteiger partial charge in [0.15, 0.2) is 0 Å². The lowest BCUT2D eigenvalue weighted by Gasteiger charge is -2.12. The molecule has 2 heterocycles. The summed E-state index contributed by atoms with van der Waals surface area (Å²) in [4.78, 5) is 21.2. The number of aromatic nitrogens is 3. The van der Waals surface area contributed by atoms with Gasteiger partial charge in [0.1, 0.15) is 22.9 Å². The number of nitrogen functional groups attached to an aromatic ring is 1. The summed E-state index contributed by atoms with van der Waals surface area (Å²) in [5.74, 6) is 1.32. The van der Waals surface area contributed by atoms with Gasteiger partial charge in [-0.25, -0.2) is 14.8 Å². The largest absolute Gasteiger partial charge is 0.416 e. The molecular weight excluding hydrogens is 469 g/mol. The fourth-order valence-corrected chi connectivity index (χ4v) is 3.65. The lowest BCUT2D eigenvalue weighted by Crippen LogP contribution is -2.20. The Kier molecular flexibility index (Phi) is 6.09. The number of nitrogens with two attached hydrogens (primary N) is 1. The van der Waals surface area contributed by atoms with Crippen molar-refractivity contribution >= 4 is 40.3 Å². The number of imidazole rings is 1. The number of anilines is 3. The number of nitrogens with one attached hydrogen (secondary N) is 2. The summed E-state index contributed by atoms with van der Waals surface area (Å²) in [6.45, 7) is 4.05. The van der Waals surface area contributed by atoms with Crippen LogP contribution in [0.2, 0.25) is 5.02 Å². The molecule has 11 heteroatoms. The van der Waals surface area contributed by atoms with E-state index >= 15 is 0 Å². The molecule has 0 unspecified atom stereocenters. The van der Waals surface area contributed by atoms with Crippen molar-refractivity contribution in [1.82, 2.24) is 14.4 Å². The summed E-state index contributed by atoms with van der Waals surface area (Å²) in [5, 5.41) is 4.90. The molecule has 4 N–H and O–H groups in total. The first-order valence-corrected chi connectivity index (χ1v) is 10.6. The molecule has 2 aromatic heterocycles. The first-order chi connectivity index (χ1) is 16.0. The number of hydrogen-bond donors (Lipinski definition) is 3. The Morgan fingerprint density at radius 1 is 1.12 bits per heavy atom. The fourth-order valence-electron chi connectivity index (χ4n) is 3.49. The quantitative estimate of drug-likeness (QED) is 0.309. The number of carbonyl (C=O) groups is 1. The van der Waals surface area contributed by atoms with Crippen LogP contribution in [0.15, 0.2) is 54.9 Å². The smallest absolute Gasteiger partial charge is 0.382 e. The highest BCUT2D eigenvalue weighted by molar-refractivity contribution is 6.33. The van der Waals surface area contributed by atoms with Gasteiger partial charge in [0.2, 0.25) is 0 Å². The number of nitrogens with zero attached hydrogens (tertiary/aromatic N) is 3. The van der Waals surface area contributed by atoms with Crippen molar-refractivity contribution in [2.75, 3.05) is 16.4 Å². The van der Waals surface area contributed by atoms with Gasteiger partial charge in [-0.2, -0.15) is 13.2 Å². The fraction of sp³-hybridized carbons (Fsp3) is 0.174. The number of fused-ring (bicyclic) bond motifs is 1. The van der Waals surface area contributed by atoms with Gasteiger partial charge >= 0.3 is 12.2 Å². The average Bonchev–Trinajstić information content (AvgIpc) is 3.16. The topological polar surface area (TPSA) is 97.3 Å². The number of hydrogen-bond acceptors (Lipinski definition) is 4. The molecule has 7 nitrogen and oxygen atoms in total. The van der Waals surface area contributed by atoms with Gasteiger partial charge < -0.3 is 16.4 Å². The molecule has 0 aliphatic carbocycles. The van der Waals surface area contributed by atoms with E-state index in [9.17, 15) is 18.0 Å². The maximum absolute atomic E-state index is 12.9. The Labute approximate surface area is 197 Å². The molecule has 0 aliphatic rings.